The quantitative estimate of drug-likeness (QED) is 0.0849. The topological polar surface area (TPSA) is 414 Å². The Balaban J connectivity index is 0.00000109. The Labute approximate surface area is 593 Å². The summed E-state index contributed by atoms with van der Waals surface area (Å²) in [6.45, 7) is 15.8. The van der Waals surface area contributed by atoms with Crippen LogP contribution in [0.4, 0.5) is 0 Å². The molecule has 0 saturated carbocycles. The Kier molecular flexibility index (Phi) is 42.5. The standard InChI is InChI=1S/6C9H9NO2.2C7H9N.2H2O.4O.3Re/c6*11-8-4-2-1-3-7(8)9-10-5-6-12-9;2*1-6-4-3-5-7(2)8-6;;;;;;;;;/h6*1-4,11H,5-6H2;2*3-5H,1-2H3;2*1H2;;;;;;;/q;;;;;;;;;;;;2*+1;;;/p+2. The number of hydrogen-bond acceptors (Lipinski definition) is 22. The van der Waals surface area contributed by atoms with Gasteiger partial charge in [0.1, 0.15) is 74.1 Å². The molecule has 14 rings (SSSR count). The van der Waals surface area contributed by atoms with Crippen LogP contribution >= 0.6 is 0 Å². The molecule has 0 saturated heterocycles. The van der Waals surface area contributed by atoms with E-state index in [1.807, 2.05) is 100 Å². The first-order chi connectivity index (χ1) is 46.3. The number of hydrogen-bond donors (Lipinski definition) is 6. The van der Waals surface area contributed by atoms with Gasteiger partial charge in [-0.3, -0.25) is 9.97 Å². The van der Waals surface area contributed by atoms with E-state index in [1.165, 1.54) is 0 Å². The number of aryl methyl sites for hydroxylation is 4. The summed E-state index contributed by atoms with van der Waals surface area (Å²) in [6.07, 6.45) is 0. The predicted octanol–water partition coefficient (Wildman–Crippen LogP) is 8.50. The van der Waals surface area contributed by atoms with E-state index in [9.17, 15) is 30.6 Å². The molecular formula is C68H78N8O18Re3+4. The molecule has 0 radical (unpaired) electrons. The van der Waals surface area contributed by atoms with Crippen LogP contribution in [0.25, 0.3) is 0 Å². The van der Waals surface area contributed by atoms with E-state index < -0.39 is 17.9 Å². The number of aromatic hydroxyl groups is 6. The van der Waals surface area contributed by atoms with E-state index in [0.717, 1.165) is 22.8 Å². The van der Waals surface area contributed by atoms with Gasteiger partial charge in [-0.05, 0) is 125 Å². The van der Waals surface area contributed by atoms with Crippen LogP contribution in [0.15, 0.2) is 212 Å². The van der Waals surface area contributed by atoms with Crippen LogP contribution in [0.3, 0.4) is 0 Å². The molecule has 0 fully saturated rings. The minimum atomic E-state index is -2.17. The third kappa shape index (κ3) is 30.5. The first-order valence-electron chi connectivity index (χ1n) is 29.0. The number of ether oxygens (including phenoxy) is 6. The molecule has 97 heavy (non-hydrogen) atoms. The predicted molar refractivity (Wildman–Crippen MR) is 352 cm³/mol. The van der Waals surface area contributed by atoms with Crippen molar-refractivity contribution in [3.63, 3.8) is 0 Å². The molecule has 26 nitrogen and oxygen atoms in total. The van der Waals surface area contributed by atoms with Gasteiger partial charge in [0, 0.05) is 22.8 Å². The van der Waals surface area contributed by atoms with Crippen LogP contribution in [-0.2, 0) is 97.8 Å². The number of phenolic OH excluding ortho intramolecular Hbond substituents is 6. The van der Waals surface area contributed by atoms with Crippen molar-refractivity contribution in [2.45, 2.75) is 27.7 Å². The molecule has 0 unspecified atom stereocenters. The number of aromatic nitrogens is 2. The molecule has 6 aliphatic heterocycles. The third-order valence-electron chi connectivity index (χ3n) is 12.4. The van der Waals surface area contributed by atoms with Crippen molar-refractivity contribution in [1.29, 1.82) is 0 Å². The summed E-state index contributed by atoms with van der Waals surface area (Å²) in [5.74, 6) is 4.62. The summed E-state index contributed by atoms with van der Waals surface area (Å²) in [6, 6.07) is 54.2. The molecule has 0 bridgehead atoms. The summed E-state index contributed by atoms with van der Waals surface area (Å²) in [7, 11) is 0. The molecule has 6 aliphatic rings. The summed E-state index contributed by atoms with van der Waals surface area (Å²) < 4.78 is 64.9. The van der Waals surface area contributed by atoms with Crippen LogP contribution in [0.1, 0.15) is 59.0 Å². The van der Waals surface area contributed by atoms with E-state index in [2.05, 4.69) is 39.9 Å². The van der Waals surface area contributed by atoms with Crippen LogP contribution in [0.2, 0.25) is 0 Å². The zero-order chi connectivity index (χ0) is 69.0. The molecule has 0 amide bonds. The van der Waals surface area contributed by atoms with Gasteiger partial charge < -0.3 is 70.0 Å². The molecule has 8 aromatic rings. The van der Waals surface area contributed by atoms with Gasteiger partial charge in [0.2, 0.25) is 35.4 Å². The van der Waals surface area contributed by atoms with Crippen LogP contribution in [0.5, 0.6) is 34.5 Å². The van der Waals surface area contributed by atoms with E-state index in [0.29, 0.717) is 186 Å². The normalized spacial score (nSPS) is 13.2. The number of aliphatic imine (C=N–C) groups is 6. The molecule has 0 atom stereocenters. The van der Waals surface area contributed by atoms with Crippen molar-refractivity contribution in [1.82, 2.24) is 9.97 Å². The van der Waals surface area contributed by atoms with Gasteiger partial charge in [-0.15, -0.1) is 0 Å². The number of pyridine rings is 2. The Morgan fingerprint density at radius 3 is 0.546 bits per heavy atom. The van der Waals surface area contributed by atoms with Gasteiger partial charge in [-0.1, -0.05) is 84.9 Å². The Morgan fingerprint density at radius 1 is 0.299 bits per heavy atom. The molecule has 29 heteroatoms. The van der Waals surface area contributed by atoms with E-state index in [1.54, 1.807) is 109 Å². The Bertz CT molecular complexity index is 3380. The van der Waals surface area contributed by atoms with Gasteiger partial charge in [-0.25, -0.2) is 30.0 Å². The van der Waals surface area contributed by atoms with Gasteiger partial charge >= 0.3 is 72.3 Å². The van der Waals surface area contributed by atoms with Gasteiger partial charge in [0.25, 0.3) is 0 Å². The zero-order valence-corrected chi connectivity index (χ0v) is 61.4. The second-order valence-corrected chi connectivity index (χ2v) is 19.7. The molecule has 10 N–H and O–H groups in total. The second kappa shape index (κ2) is 49.2. The van der Waals surface area contributed by atoms with Crippen molar-refractivity contribution >= 4 is 35.4 Å². The number of benzene rings is 6. The average Bonchev–Trinajstić information content (AvgIpc) is 1.83. The summed E-state index contributed by atoms with van der Waals surface area (Å²) in [5, 5.41) is 56.5. The van der Waals surface area contributed by atoms with Crippen molar-refractivity contribution in [3.05, 3.63) is 238 Å². The minimum absolute atomic E-state index is 0. The fourth-order valence-corrected chi connectivity index (χ4v) is 8.27. The first kappa shape index (κ1) is 83.8. The van der Waals surface area contributed by atoms with Gasteiger partial charge in [0.15, 0.2) is 0 Å². The fraction of sp³-hybridized carbons (Fsp3) is 0.235. The van der Waals surface area contributed by atoms with E-state index in [4.69, 9.17) is 41.9 Å². The van der Waals surface area contributed by atoms with Crippen molar-refractivity contribution < 1.29 is 142 Å². The van der Waals surface area contributed by atoms with Crippen molar-refractivity contribution in [2.24, 2.45) is 30.0 Å². The van der Waals surface area contributed by atoms with Gasteiger partial charge in [-0.2, -0.15) is 0 Å². The van der Waals surface area contributed by atoms with Crippen molar-refractivity contribution in [3.8, 4) is 34.5 Å². The molecule has 0 spiro atoms. The van der Waals surface area contributed by atoms with Crippen LogP contribution in [0, 0.1) is 27.7 Å². The number of nitrogens with zero attached hydrogens (tertiary/aromatic N) is 8. The number of rotatable bonds is 6. The van der Waals surface area contributed by atoms with Crippen LogP contribution in [-0.4, -0.2) is 166 Å². The molecule has 0 aliphatic carbocycles. The average molecular weight is 1850 g/mol. The maximum absolute atomic E-state index is 9.41. The molecular weight excluding hydrogens is 1780 g/mol. The molecule has 8 heterocycles. The monoisotopic (exact) mass is 1860 g/mol. The third-order valence-corrected chi connectivity index (χ3v) is 12.4. The van der Waals surface area contributed by atoms with E-state index >= 15 is 0 Å². The number of para-hydroxylation sites is 6. The summed E-state index contributed by atoms with van der Waals surface area (Å²) in [5.41, 5.74) is 8.41. The summed E-state index contributed by atoms with van der Waals surface area (Å²) in [4.78, 5) is 33.0. The van der Waals surface area contributed by atoms with Crippen LogP contribution < -0.4 is 0 Å². The second-order valence-electron chi connectivity index (χ2n) is 19.2. The molecule has 6 aromatic carbocycles. The Hall–Kier alpha value is -9.33. The maximum atomic E-state index is 9.41. The molecule has 515 valence electrons. The Morgan fingerprint density at radius 2 is 0.443 bits per heavy atom. The van der Waals surface area contributed by atoms with Gasteiger partial charge in [0.05, 0.1) is 72.6 Å². The van der Waals surface area contributed by atoms with E-state index in [-0.39, 0.29) is 48.3 Å². The SMILES string of the molecule is Cc1cccc(C)n1.Cc1cccc(C)n1.O.O.Oc1ccccc1C1=NCCO1.Oc1ccccc1C1=NCCO1.Oc1ccccc1C1=NCCO1.Oc1ccccc1C1=NCCO1.Oc1ccccc1C1=NCCO1.Oc1ccccc1C1=NCCO1.[H+].[H+].[O+]#[Re].[O+]#[Re].[O]=[Re]=[O]. The van der Waals surface area contributed by atoms with Crippen molar-refractivity contribution in [2.75, 3.05) is 78.9 Å². The fourth-order valence-electron chi connectivity index (χ4n) is 8.27. The first-order valence-corrected chi connectivity index (χ1v) is 33.4. The number of phenols is 6. The summed E-state index contributed by atoms with van der Waals surface area (Å²) >= 11 is -1.22. The zero-order valence-electron chi connectivity index (χ0n) is 55.3. The molecule has 2 aromatic heterocycles.